The maximum absolute atomic E-state index is 14.1. The molecule has 3 aromatic heterocycles. The SMILES string of the molecule is O=C(N[C@H](c1cn2nc(C[C@H]3C[C@@H](C(F)(F)F)CNC3=O)c(C3CCOCC3)nc2n1)C1CCC(F)(F)CC1)c1ccnn1CCF. The Morgan fingerprint density at radius 3 is 2.60 bits per heavy atom. The molecule has 3 aromatic rings. The summed E-state index contributed by atoms with van der Waals surface area (Å²) in [5.41, 5.74) is 1.30. The summed E-state index contributed by atoms with van der Waals surface area (Å²) in [6.45, 7) is -0.453. The second kappa shape index (κ2) is 13.4. The van der Waals surface area contributed by atoms with Gasteiger partial charge in [-0.25, -0.2) is 27.7 Å². The fourth-order valence-electron chi connectivity index (χ4n) is 6.86. The van der Waals surface area contributed by atoms with Crippen molar-refractivity contribution in [3.8, 4) is 0 Å². The van der Waals surface area contributed by atoms with E-state index in [0.717, 1.165) is 0 Å². The number of amides is 2. The monoisotopic (exact) mass is 670 g/mol. The minimum absolute atomic E-state index is 0.0714. The Morgan fingerprint density at radius 1 is 1.15 bits per heavy atom. The van der Waals surface area contributed by atoms with Crippen LogP contribution in [0.2, 0.25) is 0 Å². The number of nitrogens with zero attached hydrogens (tertiary/aromatic N) is 6. The third kappa shape index (κ3) is 7.38. The summed E-state index contributed by atoms with van der Waals surface area (Å²) < 4.78 is 90.1. The number of rotatable bonds is 9. The van der Waals surface area contributed by atoms with Crippen molar-refractivity contribution < 1.29 is 40.7 Å². The van der Waals surface area contributed by atoms with Gasteiger partial charge in [0.15, 0.2) is 0 Å². The van der Waals surface area contributed by atoms with Gasteiger partial charge < -0.3 is 15.4 Å². The maximum Gasteiger partial charge on any atom is 0.393 e. The standard InChI is InChI=1S/C30H36F6N8O3/c31-8-10-43-23(3-9-38-43)27(46)40-25(17-1-6-29(32,33)7-2-17)22-16-44-28(39-22)41-24(18-4-11-47-12-5-18)21(42-44)14-19-13-20(30(34,35)36)15-37-26(19)45/h3,9,16-20,25H,1-2,4-8,10-15H2,(H,37,45)(H,40,46)/t19-,20-,25+/m1/s1. The molecule has 5 heterocycles. The highest BCUT2D eigenvalue weighted by atomic mass is 19.4. The van der Waals surface area contributed by atoms with Crippen LogP contribution in [0.5, 0.6) is 0 Å². The molecular weight excluding hydrogens is 634 g/mol. The van der Waals surface area contributed by atoms with Crippen molar-refractivity contribution >= 4 is 17.6 Å². The van der Waals surface area contributed by atoms with E-state index in [4.69, 9.17) is 14.8 Å². The Labute approximate surface area is 265 Å². The molecule has 1 saturated carbocycles. The minimum Gasteiger partial charge on any atom is -0.381 e. The number of halogens is 6. The smallest absolute Gasteiger partial charge is 0.381 e. The van der Waals surface area contributed by atoms with Crippen LogP contribution in [0.25, 0.3) is 5.78 Å². The number of piperidine rings is 1. The normalized spacial score (nSPS) is 23.5. The summed E-state index contributed by atoms with van der Waals surface area (Å²) >= 11 is 0. The molecule has 3 atom stereocenters. The molecule has 0 radical (unpaired) electrons. The van der Waals surface area contributed by atoms with E-state index in [-0.39, 0.29) is 62.5 Å². The van der Waals surface area contributed by atoms with Gasteiger partial charge in [-0.1, -0.05) is 0 Å². The molecule has 0 bridgehead atoms. The number of imidazole rings is 1. The fourth-order valence-corrected chi connectivity index (χ4v) is 6.86. The number of hydrogen-bond acceptors (Lipinski definition) is 7. The van der Waals surface area contributed by atoms with Gasteiger partial charge in [0.05, 0.1) is 41.8 Å². The number of carbonyl (C=O) groups is 2. The third-order valence-corrected chi connectivity index (χ3v) is 9.49. The Balaban J connectivity index is 1.35. The van der Waals surface area contributed by atoms with E-state index >= 15 is 0 Å². The molecule has 3 aliphatic rings. The van der Waals surface area contributed by atoms with E-state index < -0.39 is 60.9 Å². The molecule has 3 fully saturated rings. The fraction of sp³-hybridized carbons (Fsp3) is 0.667. The van der Waals surface area contributed by atoms with Crippen molar-refractivity contribution in [2.75, 3.05) is 26.4 Å². The second-order valence-corrected chi connectivity index (χ2v) is 12.6. The van der Waals surface area contributed by atoms with Crippen molar-refractivity contribution in [1.82, 2.24) is 40.0 Å². The molecule has 6 rings (SSSR count). The first-order valence-electron chi connectivity index (χ1n) is 15.9. The quantitative estimate of drug-likeness (QED) is 0.325. The molecule has 1 aliphatic carbocycles. The lowest BCUT2D eigenvalue weighted by molar-refractivity contribution is -0.183. The maximum atomic E-state index is 14.1. The summed E-state index contributed by atoms with van der Waals surface area (Å²) in [6.07, 6.45) is -1.37. The van der Waals surface area contributed by atoms with Gasteiger partial charge in [-0.15, -0.1) is 0 Å². The van der Waals surface area contributed by atoms with Crippen molar-refractivity contribution in [2.24, 2.45) is 17.8 Å². The lowest BCUT2D eigenvalue weighted by atomic mass is 9.81. The van der Waals surface area contributed by atoms with E-state index in [2.05, 4.69) is 20.7 Å². The van der Waals surface area contributed by atoms with Crippen LogP contribution in [0.1, 0.15) is 84.5 Å². The molecule has 47 heavy (non-hydrogen) atoms. The zero-order chi connectivity index (χ0) is 33.3. The summed E-state index contributed by atoms with van der Waals surface area (Å²) in [5, 5.41) is 14.0. The number of alkyl halides is 6. The number of carbonyl (C=O) groups excluding carboxylic acids is 2. The highest BCUT2D eigenvalue weighted by Gasteiger charge is 2.45. The largest absolute Gasteiger partial charge is 0.393 e. The number of nitrogens with one attached hydrogen (secondary N) is 2. The zero-order valence-electron chi connectivity index (χ0n) is 25.5. The first-order valence-corrected chi connectivity index (χ1v) is 15.9. The van der Waals surface area contributed by atoms with Crippen molar-refractivity contribution in [3.63, 3.8) is 0 Å². The molecule has 2 N–H and O–H groups in total. The van der Waals surface area contributed by atoms with Crippen LogP contribution in [-0.4, -0.2) is 79.7 Å². The summed E-state index contributed by atoms with van der Waals surface area (Å²) in [6, 6.07) is 0.601. The molecule has 11 nitrogen and oxygen atoms in total. The average molecular weight is 671 g/mol. The van der Waals surface area contributed by atoms with Gasteiger partial charge >= 0.3 is 6.18 Å². The number of fused-ring (bicyclic) bond motifs is 1. The highest BCUT2D eigenvalue weighted by Crippen LogP contribution is 2.42. The Bertz CT molecular complexity index is 1580. The van der Waals surface area contributed by atoms with E-state index in [1.54, 1.807) is 0 Å². The van der Waals surface area contributed by atoms with Gasteiger partial charge in [0.2, 0.25) is 11.8 Å². The summed E-state index contributed by atoms with van der Waals surface area (Å²) in [5.74, 6) is -6.93. The highest BCUT2D eigenvalue weighted by molar-refractivity contribution is 5.92. The van der Waals surface area contributed by atoms with Crippen molar-refractivity contribution in [3.05, 3.63) is 41.2 Å². The Hall–Kier alpha value is -3.76. The summed E-state index contributed by atoms with van der Waals surface area (Å²) in [7, 11) is 0. The van der Waals surface area contributed by atoms with Crippen LogP contribution in [0.3, 0.4) is 0 Å². The third-order valence-electron chi connectivity index (χ3n) is 9.49. The van der Waals surface area contributed by atoms with Crippen LogP contribution in [-0.2, 0) is 22.5 Å². The van der Waals surface area contributed by atoms with Crippen LogP contribution >= 0.6 is 0 Å². The molecule has 256 valence electrons. The molecule has 0 unspecified atom stereocenters. The van der Waals surface area contributed by atoms with Gasteiger partial charge in [0.1, 0.15) is 12.4 Å². The molecule has 17 heteroatoms. The number of aryl methyl sites for hydroxylation is 1. The lowest BCUT2D eigenvalue weighted by Crippen LogP contribution is -2.47. The van der Waals surface area contributed by atoms with E-state index in [1.165, 1.54) is 27.7 Å². The molecular formula is C30H36F6N8O3. The number of aromatic nitrogens is 6. The number of hydrogen-bond donors (Lipinski definition) is 2. The Kier molecular flexibility index (Phi) is 9.45. The van der Waals surface area contributed by atoms with Gasteiger partial charge in [-0.05, 0) is 44.1 Å². The van der Waals surface area contributed by atoms with E-state index in [0.29, 0.717) is 43.1 Å². The molecule has 0 aromatic carbocycles. The van der Waals surface area contributed by atoms with Crippen LogP contribution in [0.15, 0.2) is 18.5 Å². The van der Waals surface area contributed by atoms with Crippen LogP contribution in [0, 0.1) is 17.8 Å². The van der Waals surface area contributed by atoms with Gasteiger partial charge in [-0.2, -0.15) is 23.4 Å². The molecule has 2 saturated heterocycles. The zero-order valence-corrected chi connectivity index (χ0v) is 25.5. The predicted octanol–water partition coefficient (Wildman–Crippen LogP) is 4.34. The topological polar surface area (TPSA) is 128 Å². The predicted molar refractivity (Wildman–Crippen MR) is 153 cm³/mol. The van der Waals surface area contributed by atoms with Crippen LogP contribution < -0.4 is 10.6 Å². The first kappa shape index (κ1) is 33.2. The first-order chi connectivity index (χ1) is 22.4. The second-order valence-electron chi connectivity index (χ2n) is 12.6. The lowest BCUT2D eigenvalue weighted by Gasteiger charge is -2.33. The van der Waals surface area contributed by atoms with E-state index in [9.17, 15) is 35.9 Å². The minimum atomic E-state index is -4.46. The van der Waals surface area contributed by atoms with Gasteiger partial charge in [-0.3, -0.25) is 14.3 Å². The average Bonchev–Trinajstić information content (AvgIpc) is 3.67. The van der Waals surface area contributed by atoms with Crippen LogP contribution in [0.4, 0.5) is 26.3 Å². The van der Waals surface area contributed by atoms with Gasteiger partial charge in [0, 0.05) is 57.1 Å². The molecule has 2 amide bonds. The van der Waals surface area contributed by atoms with Crippen molar-refractivity contribution in [1.29, 1.82) is 0 Å². The van der Waals surface area contributed by atoms with Gasteiger partial charge in [0.25, 0.3) is 11.7 Å². The number of ether oxygens (including phenoxy) is 1. The Morgan fingerprint density at radius 2 is 1.89 bits per heavy atom. The summed E-state index contributed by atoms with van der Waals surface area (Å²) in [4.78, 5) is 35.6. The molecule has 0 spiro atoms. The van der Waals surface area contributed by atoms with Crippen molar-refractivity contribution in [2.45, 2.75) is 82.0 Å². The molecule has 2 aliphatic heterocycles. The van der Waals surface area contributed by atoms with E-state index in [1.807, 2.05) is 0 Å².